The van der Waals surface area contributed by atoms with Crippen molar-refractivity contribution in [1.82, 2.24) is 15.1 Å². The standard InChI is InChI=1S/C25H29N5O6/c26-17-3-1-4-18(15-17)36-14-13-35-12-11-34-10-9-27-21-6-2-5-19-20(21)16-28-30(25(19)33)22-7-8-23(31)29-24(22)32/h1-6,15-16,22,27H,7-14,26H2,(H,29,31,32). The zero-order chi connectivity index (χ0) is 25.3. The number of rotatable bonds is 12. The van der Waals surface area contributed by atoms with Crippen molar-refractivity contribution < 1.29 is 23.8 Å². The Morgan fingerprint density at radius 1 is 1.00 bits per heavy atom. The summed E-state index contributed by atoms with van der Waals surface area (Å²) < 4.78 is 17.8. The molecule has 1 saturated heterocycles. The summed E-state index contributed by atoms with van der Waals surface area (Å²) >= 11 is 0. The molecular formula is C25H29N5O6. The molecule has 0 saturated carbocycles. The lowest BCUT2D eigenvalue weighted by atomic mass is 10.1. The predicted octanol–water partition coefficient (Wildman–Crippen LogP) is 1.48. The topological polar surface area (TPSA) is 147 Å². The predicted molar refractivity (Wildman–Crippen MR) is 134 cm³/mol. The second kappa shape index (κ2) is 12.1. The average Bonchev–Trinajstić information content (AvgIpc) is 2.86. The second-order valence-corrected chi connectivity index (χ2v) is 8.20. The number of ether oxygens (including phenoxy) is 3. The number of nitrogens with zero attached hydrogens (tertiary/aromatic N) is 2. The number of nitrogens with one attached hydrogen (secondary N) is 2. The highest BCUT2D eigenvalue weighted by Gasteiger charge is 2.30. The molecule has 2 aromatic carbocycles. The molecule has 3 aromatic rings. The monoisotopic (exact) mass is 495 g/mol. The first-order valence-electron chi connectivity index (χ1n) is 11.7. The lowest BCUT2D eigenvalue weighted by molar-refractivity contribution is -0.136. The van der Waals surface area contributed by atoms with Crippen LogP contribution in [0.5, 0.6) is 5.75 Å². The lowest BCUT2D eigenvalue weighted by Crippen LogP contribution is -2.45. The van der Waals surface area contributed by atoms with Gasteiger partial charge in [-0.2, -0.15) is 5.10 Å². The number of aromatic nitrogens is 2. The van der Waals surface area contributed by atoms with Crippen molar-refractivity contribution in [3.63, 3.8) is 0 Å². The van der Waals surface area contributed by atoms with E-state index in [-0.39, 0.29) is 24.3 Å². The Bertz CT molecular complexity index is 1280. The highest BCUT2D eigenvalue weighted by molar-refractivity contribution is 5.99. The van der Waals surface area contributed by atoms with Crippen LogP contribution in [0.2, 0.25) is 0 Å². The van der Waals surface area contributed by atoms with Gasteiger partial charge in [0.1, 0.15) is 18.4 Å². The summed E-state index contributed by atoms with van der Waals surface area (Å²) in [7, 11) is 0. The zero-order valence-corrected chi connectivity index (χ0v) is 19.8. The molecule has 4 N–H and O–H groups in total. The number of imide groups is 1. The smallest absolute Gasteiger partial charge is 0.275 e. The Kier molecular flexibility index (Phi) is 8.48. The highest BCUT2D eigenvalue weighted by atomic mass is 16.5. The molecule has 190 valence electrons. The number of fused-ring (bicyclic) bond motifs is 1. The molecule has 1 aliphatic heterocycles. The molecule has 11 heteroatoms. The van der Waals surface area contributed by atoms with Gasteiger partial charge in [-0.1, -0.05) is 12.1 Å². The van der Waals surface area contributed by atoms with E-state index in [4.69, 9.17) is 19.9 Å². The van der Waals surface area contributed by atoms with E-state index in [9.17, 15) is 14.4 Å². The fourth-order valence-corrected chi connectivity index (χ4v) is 3.88. The van der Waals surface area contributed by atoms with Crippen molar-refractivity contribution in [2.24, 2.45) is 0 Å². The van der Waals surface area contributed by atoms with Crippen molar-refractivity contribution >= 4 is 34.0 Å². The van der Waals surface area contributed by atoms with Crippen LogP contribution in [-0.2, 0) is 19.1 Å². The minimum Gasteiger partial charge on any atom is -0.491 e. The van der Waals surface area contributed by atoms with Gasteiger partial charge in [-0.05, 0) is 30.7 Å². The van der Waals surface area contributed by atoms with E-state index in [1.54, 1.807) is 30.5 Å². The third-order valence-electron chi connectivity index (χ3n) is 5.65. The summed E-state index contributed by atoms with van der Waals surface area (Å²) in [6, 6.07) is 11.7. The summed E-state index contributed by atoms with van der Waals surface area (Å²) in [5.74, 6) is -0.141. The number of benzene rings is 2. The van der Waals surface area contributed by atoms with Crippen molar-refractivity contribution in [3.8, 4) is 5.75 Å². The van der Waals surface area contributed by atoms with Gasteiger partial charge in [0.05, 0.1) is 38.0 Å². The molecule has 1 fully saturated rings. The number of piperidine rings is 1. The fraction of sp³-hybridized carbons (Fsp3) is 0.360. The molecular weight excluding hydrogens is 466 g/mol. The van der Waals surface area contributed by atoms with Crippen molar-refractivity contribution in [1.29, 1.82) is 0 Å². The van der Waals surface area contributed by atoms with E-state index < -0.39 is 11.9 Å². The molecule has 0 aliphatic carbocycles. The van der Waals surface area contributed by atoms with Crippen molar-refractivity contribution in [2.45, 2.75) is 18.9 Å². The Labute approximate surface area is 207 Å². The van der Waals surface area contributed by atoms with Crippen molar-refractivity contribution in [2.75, 3.05) is 50.6 Å². The quantitative estimate of drug-likeness (QED) is 0.193. The Balaban J connectivity index is 1.19. The number of amides is 2. The molecule has 2 amide bonds. The summed E-state index contributed by atoms with van der Waals surface area (Å²) in [4.78, 5) is 36.5. The summed E-state index contributed by atoms with van der Waals surface area (Å²) in [6.07, 6.45) is 1.98. The number of carbonyl (C=O) groups excluding carboxylic acids is 2. The number of hydrogen-bond acceptors (Lipinski definition) is 9. The number of anilines is 2. The van der Waals surface area contributed by atoms with Gasteiger partial charge in [-0.25, -0.2) is 4.68 Å². The third kappa shape index (κ3) is 6.37. The van der Waals surface area contributed by atoms with Crippen molar-refractivity contribution in [3.05, 3.63) is 59.0 Å². The number of nitrogens with two attached hydrogens (primary N) is 1. The molecule has 1 unspecified atom stereocenters. The Morgan fingerprint density at radius 3 is 2.58 bits per heavy atom. The van der Waals surface area contributed by atoms with Crippen LogP contribution in [0.25, 0.3) is 10.8 Å². The van der Waals surface area contributed by atoms with E-state index in [1.807, 2.05) is 18.2 Å². The van der Waals surface area contributed by atoms with Gasteiger partial charge in [0.25, 0.3) is 11.5 Å². The molecule has 4 rings (SSSR count). The van der Waals surface area contributed by atoms with Gasteiger partial charge in [0, 0.05) is 35.8 Å². The largest absolute Gasteiger partial charge is 0.491 e. The lowest BCUT2D eigenvalue weighted by Gasteiger charge is -2.22. The average molecular weight is 496 g/mol. The molecule has 2 heterocycles. The highest BCUT2D eigenvalue weighted by Crippen LogP contribution is 2.22. The second-order valence-electron chi connectivity index (χ2n) is 8.20. The minimum atomic E-state index is -0.796. The molecule has 1 aliphatic rings. The summed E-state index contributed by atoms with van der Waals surface area (Å²) in [5, 5.41) is 10.8. The van der Waals surface area contributed by atoms with E-state index in [2.05, 4.69) is 15.7 Å². The van der Waals surface area contributed by atoms with Crippen LogP contribution in [0.1, 0.15) is 18.9 Å². The first kappa shape index (κ1) is 25.1. The SMILES string of the molecule is Nc1cccc(OCCOCCOCCNc2cccc3c(=O)n(C4CCC(=O)NC4=O)ncc23)c1. The summed E-state index contributed by atoms with van der Waals surface area (Å²) in [6.45, 7) is 2.71. The number of hydrogen-bond donors (Lipinski definition) is 3. The molecule has 1 aromatic heterocycles. The minimum absolute atomic E-state index is 0.173. The van der Waals surface area contributed by atoms with Gasteiger partial charge >= 0.3 is 0 Å². The molecule has 1 atom stereocenters. The van der Waals surface area contributed by atoms with E-state index in [0.717, 1.165) is 10.4 Å². The van der Waals surface area contributed by atoms with E-state index in [0.29, 0.717) is 61.8 Å². The first-order chi connectivity index (χ1) is 17.5. The molecule has 11 nitrogen and oxygen atoms in total. The van der Waals surface area contributed by atoms with Gasteiger partial charge < -0.3 is 25.3 Å². The van der Waals surface area contributed by atoms with Gasteiger partial charge in [0.2, 0.25) is 5.91 Å². The molecule has 36 heavy (non-hydrogen) atoms. The van der Waals surface area contributed by atoms with Gasteiger partial charge in [-0.3, -0.25) is 19.7 Å². The van der Waals surface area contributed by atoms with Crippen LogP contribution in [-0.4, -0.2) is 61.2 Å². The Morgan fingerprint density at radius 2 is 1.78 bits per heavy atom. The molecule has 0 bridgehead atoms. The maximum atomic E-state index is 13.0. The van der Waals surface area contributed by atoms with E-state index in [1.165, 1.54) is 0 Å². The Hall–Kier alpha value is -3.96. The van der Waals surface area contributed by atoms with Crippen LogP contribution in [0.4, 0.5) is 11.4 Å². The third-order valence-corrected chi connectivity index (χ3v) is 5.65. The zero-order valence-electron chi connectivity index (χ0n) is 19.8. The molecule has 0 radical (unpaired) electrons. The maximum absolute atomic E-state index is 13.0. The van der Waals surface area contributed by atoms with Gasteiger partial charge in [0.15, 0.2) is 0 Å². The van der Waals surface area contributed by atoms with Gasteiger partial charge in [-0.15, -0.1) is 0 Å². The number of carbonyl (C=O) groups is 2. The normalized spacial score (nSPS) is 15.6. The van der Waals surface area contributed by atoms with E-state index >= 15 is 0 Å². The maximum Gasteiger partial charge on any atom is 0.275 e. The number of nitrogen functional groups attached to an aromatic ring is 1. The summed E-state index contributed by atoms with van der Waals surface area (Å²) in [5.41, 5.74) is 6.73. The fourth-order valence-electron chi connectivity index (χ4n) is 3.88. The molecule has 0 spiro atoms. The van der Waals surface area contributed by atoms with Crippen LogP contribution >= 0.6 is 0 Å². The van der Waals surface area contributed by atoms with Crippen LogP contribution in [0.3, 0.4) is 0 Å². The van der Waals surface area contributed by atoms with Crippen LogP contribution < -0.4 is 26.7 Å². The van der Waals surface area contributed by atoms with Crippen LogP contribution in [0.15, 0.2) is 53.5 Å². The first-order valence-corrected chi connectivity index (χ1v) is 11.7. The van der Waals surface area contributed by atoms with Crippen LogP contribution in [0, 0.1) is 0 Å².